The quantitative estimate of drug-likeness (QED) is 0.579. The van der Waals surface area contributed by atoms with Gasteiger partial charge in [-0.1, -0.05) is 48.0 Å². The summed E-state index contributed by atoms with van der Waals surface area (Å²) < 4.78 is 0. The number of rotatable bonds is 0. The molecule has 0 heteroatoms. The lowest BCUT2D eigenvalue weighted by atomic mass is 9.90. The zero-order valence-corrected chi connectivity index (χ0v) is 7.83. The molecule has 0 unspecified atom stereocenters. The largest absolute Gasteiger partial charge is 0.0613 e. The molecule has 0 saturated carbocycles. The standard InChI is InChI=1S/C14H10/c1-10-8-12-6-2-4-11-5-3-7-13(9-10)14(11)12/h1-8H,9H2. The molecule has 0 amide bonds. The van der Waals surface area contributed by atoms with Gasteiger partial charge in [0.1, 0.15) is 0 Å². The van der Waals surface area contributed by atoms with Crippen molar-refractivity contribution < 1.29 is 0 Å². The Labute approximate surface area is 83.9 Å². The average molecular weight is 178 g/mol. The molecule has 1 aliphatic carbocycles. The summed E-state index contributed by atoms with van der Waals surface area (Å²) in [6, 6.07) is 12.8. The Morgan fingerprint density at radius 2 is 1.79 bits per heavy atom. The van der Waals surface area contributed by atoms with Crippen LogP contribution in [0.15, 0.2) is 42.0 Å². The van der Waals surface area contributed by atoms with Crippen LogP contribution in [0.3, 0.4) is 0 Å². The minimum atomic E-state index is 0.883. The Kier molecular flexibility index (Phi) is 1.51. The van der Waals surface area contributed by atoms with E-state index in [-0.39, 0.29) is 0 Å². The van der Waals surface area contributed by atoms with Crippen LogP contribution < -0.4 is 0 Å². The van der Waals surface area contributed by atoms with E-state index in [1.54, 1.807) is 0 Å². The summed E-state index contributed by atoms with van der Waals surface area (Å²) in [7, 11) is 0. The van der Waals surface area contributed by atoms with E-state index in [2.05, 4.69) is 42.5 Å². The normalized spacial score (nSPS) is 14.2. The van der Waals surface area contributed by atoms with Crippen molar-refractivity contribution >= 4 is 16.8 Å². The summed E-state index contributed by atoms with van der Waals surface area (Å²) in [5.41, 5.74) is 3.55. The van der Waals surface area contributed by atoms with Crippen LogP contribution in [0.5, 0.6) is 0 Å². The highest BCUT2D eigenvalue weighted by Crippen LogP contribution is 2.30. The van der Waals surface area contributed by atoms with Crippen LogP contribution >= 0.6 is 0 Å². The molecule has 0 saturated heterocycles. The number of hydrogen-bond acceptors (Lipinski definition) is 0. The summed E-state index contributed by atoms with van der Waals surface area (Å²) in [6.45, 7) is 5.89. The zero-order chi connectivity index (χ0) is 9.54. The van der Waals surface area contributed by atoms with Crippen LogP contribution in [0.2, 0.25) is 0 Å². The van der Waals surface area contributed by atoms with E-state index in [1.165, 1.54) is 21.9 Å². The van der Waals surface area contributed by atoms with E-state index in [0.717, 1.165) is 12.0 Å². The molecule has 2 radical (unpaired) electrons. The Morgan fingerprint density at radius 1 is 1.00 bits per heavy atom. The van der Waals surface area contributed by atoms with Gasteiger partial charge in [0.25, 0.3) is 0 Å². The van der Waals surface area contributed by atoms with Gasteiger partial charge >= 0.3 is 0 Å². The third-order valence-electron chi connectivity index (χ3n) is 2.76. The highest BCUT2D eigenvalue weighted by Gasteiger charge is 2.09. The van der Waals surface area contributed by atoms with Gasteiger partial charge in [-0.05, 0) is 35.2 Å². The Balaban J connectivity index is 2.50. The zero-order valence-electron chi connectivity index (χ0n) is 7.83. The fraction of sp³-hybridized carbons (Fsp3) is 0.0714. The van der Waals surface area contributed by atoms with Crippen molar-refractivity contribution in [2.45, 2.75) is 6.42 Å². The van der Waals surface area contributed by atoms with E-state index >= 15 is 0 Å². The van der Waals surface area contributed by atoms with Crippen LogP contribution in [0.4, 0.5) is 0 Å². The van der Waals surface area contributed by atoms with E-state index in [9.17, 15) is 0 Å². The van der Waals surface area contributed by atoms with E-state index in [0.29, 0.717) is 0 Å². The highest BCUT2D eigenvalue weighted by atomic mass is 14.1. The molecule has 0 N–H and O–H groups in total. The van der Waals surface area contributed by atoms with E-state index < -0.39 is 0 Å². The second-order valence-corrected chi connectivity index (χ2v) is 3.76. The van der Waals surface area contributed by atoms with E-state index in [1.807, 2.05) is 0 Å². The molecule has 2 aromatic carbocycles. The lowest BCUT2D eigenvalue weighted by molar-refractivity contribution is 1.22. The van der Waals surface area contributed by atoms with Gasteiger partial charge in [-0.15, -0.1) is 0 Å². The van der Waals surface area contributed by atoms with Crippen molar-refractivity contribution in [1.82, 2.24) is 0 Å². The molecule has 0 nitrogen and oxygen atoms in total. The van der Waals surface area contributed by atoms with Gasteiger partial charge in [-0.3, -0.25) is 0 Å². The van der Waals surface area contributed by atoms with Crippen molar-refractivity contribution in [1.29, 1.82) is 0 Å². The van der Waals surface area contributed by atoms with E-state index in [4.69, 9.17) is 6.92 Å². The van der Waals surface area contributed by atoms with Crippen LogP contribution in [0.1, 0.15) is 11.1 Å². The van der Waals surface area contributed by atoms with Gasteiger partial charge < -0.3 is 0 Å². The molecule has 0 spiro atoms. The van der Waals surface area contributed by atoms with Gasteiger partial charge in [0, 0.05) is 0 Å². The van der Waals surface area contributed by atoms with Crippen LogP contribution in [0, 0.1) is 6.92 Å². The summed E-state index contributed by atoms with van der Waals surface area (Å²) >= 11 is 0. The minimum absolute atomic E-state index is 0.883. The molecule has 0 fully saturated rings. The SMILES string of the molecule is [CH]C1=Cc2cccc3cccc(c23)C1. The van der Waals surface area contributed by atoms with Gasteiger partial charge in [-0.25, -0.2) is 0 Å². The number of allylic oxidation sites excluding steroid dienone is 1. The fourth-order valence-electron chi connectivity index (χ4n) is 2.19. The predicted octanol–water partition coefficient (Wildman–Crippen LogP) is 3.49. The summed E-state index contributed by atoms with van der Waals surface area (Å²) in [6.07, 6.45) is 2.96. The first-order valence-electron chi connectivity index (χ1n) is 4.81. The smallest absolute Gasteiger partial charge is 0.00529 e. The molecule has 3 rings (SSSR count). The minimum Gasteiger partial charge on any atom is -0.0613 e. The highest BCUT2D eigenvalue weighted by molar-refractivity contribution is 5.95. The second-order valence-electron chi connectivity index (χ2n) is 3.76. The van der Waals surface area contributed by atoms with Crippen molar-refractivity contribution in [2.24, 2.45) is 0 Å². The van der Waals surface area contributed by atoms with Crippen molar-refractivity contribution in [3.05, 3.63) is 60.0 Å². The molecular formula is C14H10. The van der Waals surface area contributed by atoms with Crippen LogP contribution in [-0.4, -0.2) is 0 Å². The first-order valence-corrected chi connectivity index (χ1v) is 4.81. The molecule has 0 aromatic heterocycles. The van der Waals surface area contributed by atoms with Crippen LogP contribution in [-0.2, 0) is 6.42 Å². The fourth-order valence-corrected chi connectivity index (χ4v) is 2.19. The second kappa shape index (κ2) is 2.71. The summed E-state index contributed by atoms with van der Waals surface area (Å²) in [5.74, 6) is 0. The molecule has 14 heavy (non-hydrogen) atoms. The first-order chi connectivity index (χ1) is 6.84. The van der Waals surface area contributed by atoms with Crippen molar-refractivity contribution in [3.8, 4) is 0 Å². The Hall–Kier alpha value is -1.56. The Bertz CT molecular complexity index is 527. The maximum absolute atomic E-state index is 5.89. The van der Waals surface area contributed by atoms with Gasteiger partial charge in [-0.2, -0.15) is 0 Å². The monoisotopic (exact) mass is 178 g/mol. The molecular weight excluding hydrogens is 168 g/mol. The number of benzene rings is 2. The maximum atomic E-state index is 5.89. The lowest BCUT2D eigenvalue weighted by Crippen LogP contribution is -1.96. The third-order valence-corrected chi connectivity index (χ3v) is 2.76. The van der Waals surface area contributed by atoms with Gasteiger partial charge in [0.2, 0.25) is 0 Å². The Morgan fingerprint density at radius 3 is 2.64 bits per heavy atom. The predicted molar refractivity (Wildman–Crippen MR) is 59.9 cm³/mol. The van der Waals surface area contributed by atoms with Crippen molar-refractivity contribution in [2.75, 3.05) is 0 Å². The average Bonchev–Trinajstić information content (AvgIpc) is 2.18. The van der Waals surface area contributed by atoms with Crippen LogP contribution in [0.25, 0.3) is 16.8 Å². The molecule has 0 atom stereocenters. The lowest BCUT2D eigenvalue weighted by Gasteiger charge is -2.15. The van der Waals surface area contributed by atoms with Gasteiger partial charge in [0.05, 0.1) is 0 Å². The van der Waals surface area contributed by atoms with Crippen molar-refractivity contribution in [3.63, 3.8) is 0 Å². The topological polar surface area (TPSA) is 0 Å². The summed E-state index contributed by atoms with van der Waals surface area (Å²) in [5, 5.41) is 2.67. The maximum Gasteiger partial charge on any atom is -0.00529 e. The molecule has 66 valence electrons. The molecule has 0 bridgehead atoms. The molecule has 2 aromatic rings. The first kappa shape index (κ1) is 7.81. The molecule has 0 heterocycles. The number of hydrogen-bond donors (Lipinski definition) is 0. The third kappa shape index (κ3) is 1.00. The molecule has 0 aliphatic heterocycles. The molecule has 1 aliphatic rings. The summed E-state index contributed by atoms with van der Waals surface area (Å²) in [4.78, 5) is 0. The van der Waals surface area contributed by atoms with Gasteiger partial charge in [0.15, 0.2) is 0 Å².